The Balaban J connectivity index is 1.85. The van der Waals surface area contributed by atoms with Gasteiger partial charge in [-0.3, -0.25) is 4.79 Å². The molecule has 3 aromatic carbocycles. The average molecular weight is 383 g/mol. The third kappa shape index (κ3) is 3.31. The van der Waals surface area contributed by atoms with Crippen LogP contribution in [0.4, 0.5) is 5.69 Å². The molecule has 29 heavy (non-hydrogen) atoms. The Kier molecular flexibility index (Phi) is 5.17. The molecule has 1 aliphatic rings. The molecular formula is C25H25N3O. The number of anilines is 1. The Bertz CT molecular complexity index is 985. The van der Waals surface area contributed by atoms with Gasteiger partial charge < -0.3 is 10.2 Å². The van der Waals surface area contributed by atoms with E-state index in [1.54, 1.807) is 0 Å². The molecule has 4 heteroatoms. The minimum Gasteiger partial charge on any atom is -0.372 e. The summed E-state index contributed by atoms with van der Waals surface area (Å²) >= 11 is 0. The van der Waals surface area contributed by atoms with E-state index in [-0.39, 0.29) is 5.91 Å². The van der Waals surface area contributed by atoms with Crippen molar-refractivity contribution in [1.29, 1.82) is 0 Å². The average Bonchev–Trinajstić information content (AvgIpc) is 3.14. The molecule has 0 radical (unpaired) electrons. The molecule has 0 aromatic heterocycles. The lowest BCUT2D eigenvalue weighted by Gasteiger charge is -2.24. The third-order valence-electron chi connectivity index (χ3n) is 5.47. The Morgan fingerprint density at radius 1 is 0.828 bits per heavy atom. The maximum Gasteiger partial charge on any atom is 0.262 e. The van der Waals surface area contributed by atoms with Gasteiger partial charge in [0.05, 0.1) is 0 Å². The van der Waals surface area contributed by atoms with Crippen LogP contribution < -0.4 is 10.2 Å². The van der Waals surface area contributed by atoms with Crippen LogP contribution in [0.3, 0.4) is 0 Å². The van der Waals surface area contributed by atoms with Gasteiger partial charge in [-0.25, -0.2) is 4.99 Å². The molecule has 1 N–H and O–H groups in total. The van der Waals surface area contributed by atoms with Crippen LogP contribution in [0.25, 0.3) is 0 Å². The lowest BCUT2D eigenvalue weighted by Crippen LogP contribution is -2.38. The van der Waals surface area contributed by atoms with Crippen molar-refractivity contribution in [3.63, 3.8) is 0 Å². The van der Waals surface area contributed by atoms with E-state index in [1.165, 1.54) is 0 Å². The maximum atomic E-state index is 13.4. The van der Waals surface area contributed by atoms with Crippen molar-refractivity contribution in [1.82, 2.24) is 5.32 Å². The molecule has 3 aromatic rings. The SMILES string of the molecule is CCN(CC)c1cccc(C2=NC(c3ccccc3)(c3ccccc3)C(=O)N2)c1. The molecule has 0 saturated heterocycles. The minimum absolute atomic E-state index is 0.127. The number of carbonyl (C=O) groups is 1. The molecule has 4 rings (SSSR count). The molecule has 0 aliphatic carbocycles. The largest absolute Gasteiger partial charge is 0.372 e. The molecule has 0 fully saturated rings. The van der Waals surface area contributed by atoms with Crippen LogP contribution in [-0.4, -0.2) is 24.8 Å². The van der Waals surface area contributed by atoms with E-state index < -0.39 is 5.54 Å². The van der Waals surface area contributed by atoms with Crippen molar-refractivity contribution in [3.8, 4) is 0 Å². The first-order valence-electron chi connectivity index (χ1n) is 10.1. The van der Waals surface area contributed by atoms with Crippen LogP contribution in [0.1, 0.15) is 30.5 Å². The smallest absolute Gasteiger partial charge is 0.262 e. The summed E-state index contributed by atoms with van der Waals surface area (Å²) in [6.07, 6.45) is 0. The van der Waals surface area contributed by atoms with E-state index in [0.717, 1.165) is 35.5 Å². The van der Waals surface area contributed by atoms with Crippen molar-refractivity contribution in [2.24, 2.45) is 4.99 Å². The monoisotopic (exact) mass is 383 g/mol. The Labute approximate surface area is 171 Å². The lowest BCUT2D eigenvalue weighted by atomic mass is 9.83. The van der Waals surface area contributed by atoms with Crippen LogP contribution in [-0.2, 0) is 10.3 Å². The third-order valence-corrected chi connectivity index (χ3v) is 5.47. The van der Waals surface area contributed by atoms with E-state index >= 15 is 0 Å². The number of nitrogens with zero attached hydrogens (tertiary/aromatic N) is 2. The normalized spacial score (nSPS) is 15.0. The van der Waals surface area contributed by atoms with Gasteiger partial charge in [0.1, 0.15) is 5.84 Å². The van der Waals surface area contributed by atoms with E-state index in [1.807, 2.05) is 72.8 Å². The van der Waals surface area contributed by atoms with E-state index in [2.05, 4.69) is 36.2 Å². The quantitative estimate of drug-likeness (QED) is 0.688. The van der Waals surface area contributed by atoms with Gasteiger partial charge in [-0.1, -0.05) is 72.8 Å². The van der Waals surface area contributed by atoms with Crippen molar-refractivity contribution in [2.45, 2.75) is 19.4 Å². The lowest BCUT2D eigenvalue weighted by molar-refractivity contribution is -0.122. The van der Waals surface area contributed by atoms with Gasteiger partial charge >= 0.3 is 0 Å². The van der Waals surface area contributed by atoms with Gasteiger partial charge in [-0.05, 0) is 37.1 Å². The zero-order valence-electron chi connectivity index (χ0n) is 16.8. The van der Waals surface area contributed by atoms with Crippen molar-refractivity contribution in [2.75, 3.05) is 18.0 Å². The molecular weight excluding hydrogens is 358 g/mol. The van der Waals surface area contributed by atoms with Crippen molar-refractivity contribution in [3.05, 3.63) is 102 Å². The molecule has 1 heterocycles. The Hall–Kier alpha value is -3.40. The topological polar surface area (TPSA) is 44.7 Å². The number of hydrogen-bond acceptors (Lipinski definition) is 3. The molecule has 0 spiro atoms. The standard InChI is InChI=1S/C25H25N3O/c1-3-28(4-2)22-17-11-12-19(18-22)23-26-24(29)25(27-23,20-13-7-5-8-14-20)21-15-9-6-10-16-21/h5-18H,3-4H2,1-2H3,(H,26,27,29). The van der Waals surface area contributed by atoms with Crippen LogP contribution in [0, 0.1) is 0 Å². The highest BCUT2D eigenvalue weighted by molar-refractivity contribution is 6.17. The van der Waals surface area contributed by atoms with E-state index in [0.29, 0.717) is 5.84 Å². The number of amidine groups is 1. The summed E-state index contributed by atoms with van der Waals surface area (Å²) in [6, 6.07) is 27.7. The second-order valence-electron chi connectivity index (χ2n) is 7.08. The second kappa shape index (κ2) is 7.92. The molecule has 1 amide bonds. The van der Waals surface area contributed by atoms with Crippen molar-refractivity contribution >= 4 is 17.4 Å². The minimum atomic E-state index is -1.08. The fourth-order valence-corrected chi connectivity index (χ4v) is 3.94. The van der Waals surface area contributed by atoms with Gasteiger partial charge in [0.25, 0.3) is 5.91 Å². The molecule has 1 aliphatic heterocycles. The summed E-state index contributed by atoms with van der Waals surface area (Å²) in [7, 11) is 0. The Morgan fingerprint density at radius 3 is 1.97 bits per heavy atom. The summed E-state index contributed by atoms with van der Waals surface area (Å²) in [5, 5.41) is 3.05. The number of rotatable bonds is 6. The van der Waals surface area contributed by atoms with Crippen LogP contribution >= 0.6 is 0 Å². The highest BCUT2D eigenvalue weighted by Crippen LogP contribution is 2.37. The fourth-order valence-electron chi connectivity index (χ4n) is 3.94. The predicted octanol–water partition coefficient (Wildman–Crippen LogP) is 4.35. The summed E-state index contributed by atoms with van der Waals surface area (Å²) in [5.41, 5.74) is 2.68. The van der Waals surface area contributed by atoms with Crippen molar-refractivity contribution < 1.29 is 4.79 Å². The molecule has 4 nitrogen and oxygen atoms in total. The molecule has 0 atom stereocenters. The molecule has 0 unspecified atom stereocenters. The highest BCUT2D eigenvalue weighted by Gasteiger charge is 2.46. The zero-order chi connectivity index (χ0) is 20.3. The zero-order valence-corrected chi connectivity index (χ0v) is 16.8. The Morgan fingerprint density at radius 2 is 1.41 bits per heavy atom. The number of amides is 1. The molecule has 146 valence electrons. The summed E-state index contributed by atoms with van der Waals surface area (Å²) in [6.45, 7) is 6.13. The fraction of sp³-hybridized carbons (Fsp3) is 0.200. The van der Waals surface area contributed by atoms with E-state index in [4.69, 9.17) is 4.99 Å². The highest BCUT2D eigenvalue weighted by atomic mass is 16.2. The number of nitrogens with one attached hydrogen (secondary N) is 1. The van der Waals surface area contributed by atoms with Gasteiger partial charge in [-0.2, -0.15) is 0 Å². The first-order chi connectivity index (χ1) is 14.2. The number of aliphatic imine (C=N–C) groups is 1. The first-order valence-corrected chi connectivity index (χ1v) is 10.1. The van der Waals surface area contributed by atoms with Gasteiger partial charge in [0.2, 0.25) is 0 Å². The molecule has 0 saturated carbocycles. The first kappa shape index (κ1) is 18.9. The van der Waals surface area contributed by atoms with Gasteiger partial charge in [0.15, 0.2) is 5.54 Å². The maximum absolute atomic E-state index is 13.4. The van der Waals surface area contributed by atoms with Gasteiger partial charge in [0, 0.05) is 24.3 Å². The van der Waals surface area contributed by atoms with Gasteiger partial charge in [-0.15, -0.1) is 0 Å². The summed E-state index contributed by atoms with van der Waals surface area (Å²) in [4.78, 5) is 20.7. The van der Waals surface area contributed by atoms with Crippen LogP contribution in [0.15, 0.2) is 89.9 Å². The predicted molar refractivity (Wildman–Crippen MR) is 118 cm³/mol. The number of carbonyl (C=O) groups excluding carboxylic acids is 1. The summed E-state index contributed by atoms with van der Waals surface area (Å²) < 4.78 is 0. The van der Waals surface area contributed by atoms with Crippen LogP contribution in [0.5, 0.6) is 0 Å². The second-order valence-corrected chi connectivity index (χ2v) is 7.08. The summed E-state index contributed by atoms with van der Waals surface area (Å²) in [5.74, 6) is 0.481. The van der Waals surface area contributed by atoms with E-state index in [9.17, 15) is 4.79 Å². The molecule has 0 bridgehead atoms. The number of benzene rings is 3. The van der Waals surface area contributed by atoms with Crippen LogP contribution in [0.2, 0.25) is 0 Å². The number of hydrogen-bond donors (Lipinski definition) is 1.